The van der Waals surface area contributed by atoms with Crippen molar-refractivity contribution >= 4 is 15.9 Å². The van der Waals surface area contributed by atoms with Gasteiger partial charge >= 0.3 is 0 Å². The highest BCUT2D eigenvalue weighted by Crippen LogP contribution is 2.22. The quantitative estimate of drug-likeness (QED) is 0.916. The average Bonchev–Trinajstić information content (AvgIpc) is 2.38. The van der Waals surface area contributed by atoms with E-state index in [-0.39, 0.29) is 18.2 Å². The Kier molecular flexibility index (Phi) is 4.87. The SMILES string of the molecule is CNCc1cccc(COc2ccc(Br)cc2F)n1. The lowest BCUT2D eigenvalue weighted by molar-refractivity contribution is 0.285. The Hall–Kier alpha value is -1.46. The number of hydrogen-bond donors (Lipinski definition) is 1. The van der Waals surface area contributed by atoms with Crippen molar-refractivity contribution < 1.29 is 9.13 Å². The highest BCUT2D eigenvalue weighted by Gasteiger charge is 2.05. The van der Waals surface area contributed by atoms with Gasteiger partial charge in [-0.15, -0.1) is 0 Å². The van der Waals surface area contributed by atoms with Crippen LogP contribution in [0.4, 0.5) is 4.39 Å². The number of aromatic nitrogens is 1. The fourth-order valence-electron chi connectivity index (χ4n) is 1.63. The minimum atomic E-state index is -0.388. The Morgan fingerprint density at radius 2 is 2.05 bits per heavy atom. The monoisotopic (exact) mass is 324 g/mol. The highest BCUT2D eigenvalue weighted by atomic mass is 79.9. The van der Waals surface area contributed by atoms with Crippen molar-refractivity contribution in [3.8, 4) is 5.75 Å². The van der Waals surface area contributed by atoms with Gasteiger partial charge in [0.2, 0.25) is 0 Å². The molecule has 1 heterocycles. The highest BCUT2D eigenvalue weighted by molar-refractivity contribution is 9.10. The number of rotatable bonds is 5. The minimum Gasteiger partial charge on any atom is -0.484 e. The Balaban J connectivity index is 2.03. The Labute approximate surface area is 119 Å². The van der Waals surface area contributed by atoms with Gasteiger partial charge in [0.05, 0.1) is 11.4 Å². The second-order valence-corrected chi connectivity index (χ2v) is 4.93. The first-order chi connectivity index (χ1) is 9.19. The first-order valence-electron chi connectivity index (χ1n) is 5.86. The summed E-state index contributed by atoms with van der Waals surface area (Å²) in [4.78, 5) is 4.41. The summed E-state index contributed by atoms with van der Waals surface area (Å²) in [6.07, 6.45) is 0. The van der Waals surface area contributed by atoms with E-state index in [9.17, 15) is 4.39 Å². The van der Waals surface area contributed by atoms with E-state index < -0.39 is 0 Å². The normalized spacial score (nSPS) is 10.5. The number of hydrogen-bond acceptors (Lipinski definition) is 3. The maximum Gasteiger partial charge on any atom is 0.166 e. The van der Waals surface area contributed by atoms with Crippen LogP contribution in [0.5, 0.6) is 5.75 Å². The van der Waals surface area contributed by atoms with Gasteiger partial charge in [-0.25, -0.2) is 4.39 Å². The predicted octanol–water partition coefficient (Wildman–Crippen LogP) is 3.28. The zero-order valence-electron chi connectivity index (χ0n) is 10.5. The molecule has 0 saturated heterocycles. The number of nitrogens with zero attached hydrogens (tertiary/aromatic N) is 1. The molecule has 0 unspecified atom stereocenters. The Morgan fingerprint density at radius 1 is 1.26 bits per heavy atom. The molecule has 0 aliphatic rings. The molecule has 0 amide bonds. The molecular formula is C14H14BrFN2O. The largest absolute Gasteiger partial charge is 0.484 e. The molecule has 0 saturated carbocycles. The molecule has 5 heteroatoms. The third-order valence-electron chi connectivity index (χ3n) is 2.49. The van der Waals surface area contributed by atoms with Crippen LogP contribution in [0, 0.1) is 5.82 Å². The Morgan fingerprint density at radius 3 is 2.79 bits per heavy atom. The fourth-order valence-corrected chi connectivity index (χ4v) is 1.97. The lowest BCUT2D eigenvalue weighted by atomic mass is 10.3. The van der Waals surface area contributed by atoms with E-state index in [2.05, 4.69) is 26.2 Å². The van der Waals surface area contributed by atoms with E-state index >= 15 is 0 Å². The molecule has 1 N–H and O–H groups in total. The number of nitrogens with one attached hydrogen (secondary N) is 1. The topological polar surface area (TPSA) is 34.1 Å². The summed E-state index contributed by atoms with van der Waals surface area (Å²) in [5, 5.41) is 3.03. The summed E-state index contributed by atoms with van der Waals surface area (Å²) >= 11 is 3.20. The molecule has 0 radical (unpaired) electrons. The summed E-state index contributed by atoms with van der Waals surface area (Å²) in [6.45, 7) is 0.941. The molecule has 3 nitrogen and oxygen atoms in total. The lowest BCUT2D eigenvalue weighted by Gasteiger charge is -2.08. The summed E-state index contributed by atoms with van der Waals surface area (Å²) in [5.74, 6) is -0.162. The van der Waals surface area contributed by atoms with Gasteiger partial charge in [0, 0.05) is 11.0 Å². The van der Waals surface area contributed by atoms with Gasteiger partial charge in [-0.2, -0.15) is 0 Å². The van der Waals surface area contributed by atoms with Gasteiger partial charge in [-0.3, -0.25) is 4.98 Å². The standard InChI is InChI=1S/C14H14BrFN2O/c1-17-8-11-3-2-4-12(18-11)9-19-14-6-5-10(15)7-13(14)16/h2-7,17H,8-9H2,1H3. The van der Waals surface area contributed by atoms with Crippen LogP contribution >= 0.6 is 15.9 Å². The van der Waals surface area contributed by atoms with E-state index in [4.69, 9.17) is 4.74 Å². The van der Waals surface area contributed by atoms with Crippen molar-refractivity contribution in [3.63, 3.8) is 0 Å². The molecule has 0 spiro atoms. The summed E-state index contributed by atoms with van der Waals surface area (Å²) in [6, 6.07) is 10.4. The van der Waals surface area contributed by atoms with Gasteiger partial charge in [0.1, 0.15) is 6.61 Å². The van der Waals surface area contributed by atoms with E-state index in [1.54, 1.807) is 12.1 Å². The van der Waals surface area contributed by atoms with Crippen molar-refractivity contribution in [3.05, 3.63) is 58.1 Å². The van der Waals surface area contributed by atoms with Crippen molar-refractivity contribution in [2.24, 2.45) is 0 Å². The lowest BCUT2D eigenvalue weighted by Crippen LogP contribution is -2.08. The van der Waals surface area contributed by atoms with Gasteiger partial charge in [0.25, 0.3) is 0 Å². The number of pyridine rings is 1. The van der Waals surface area contributed by atoms with Crippen molar-refractivity contribution in [2.45, 2.75) is 13.2 Å². The molecule has 0 bridgehead atoms. The first kappa shape index (κ1) is 14.0. The van der Waals surface area contributed by atoms with Crippen LogP contribution in [0.2, 0.25) is 0 Å². The minimum absolute atomic E-state index is 0.226. The van der Waals surface area contributed by atoms with Gasteiger partial charge in [0.15, 0.2) is 11.6 Å². The summed E-state index contributed by atoms with van der Waals surface area (Å²) < 4.78 is 19.7. The molecular weight excluding hydrogens is 311 g/mol. The van der Waals surface area contributed by atoms with E-state index in [1.165, 1.54) is 6.07 Å². The van der Waals surface area contributed by atoms with Crippen LogP contribution < -0.4 is 10.1 Å². The molecule has 19 heavy (non-hydrogen) atoms. The zero-order chi connectivity index (χ0) is 13.7. The zero-order valence-corrected chi connectivity index (χ0v) is 12.1. The molecule has 0 atom stereocenters. The smallest absolute Gasteiger partial charge is 0.166 e. The summed E-state index contributed by atoms with van der Waals surface area (Å²) in [7, 11) is 1.86. The molecule has 2 aromatic rings. The molecule has 0 fully saturated rings. The van der Waals surface area contributed by atoms with E-state index in [0.29, 0.717) is 11.0 Å². The third kappa shape index (κ3) is 4.01. The van der Waals surface area contributed by atoms with Gasteiger partial charge in [-0.1, -0.05) is 22.0 Å². The molecule has 0 aliphatic heterocycles. The number of ether oxygens (including phenoxy) is 1. The number of benzene rings is 1. The van der Waals surface area contributed by atoms with Crippen LogP contribution in [0.15, 0.2) is 40.9 Å². The predicted molar refractivity (Wildman–Crippen MR) is 75.4 cm³/mol. The van der Waals surface area contributed by atoms with Crippen LogP contribution in [0.1, 0.15) is 11.4 Å². The fraction of sp³-hybridized carbons (Fsp3) is 0.214. The summed E-state index contributed by atoms with van der Waals surface area (Å²) in [5.41, 5.74) is 1.70. The molecule has 1 aromatic heterocycles. The van der Waals surface area contributed by atoms with Gasteiger partial charge in [-0.05, 0) is 37.4 Å². The van der Waals surface area contributed by atoms with Crippen molar-refractivity contribution in [1.29, 1.82) is 0 Å². The first-order valence-corrected chi connectivity index (χ1v) is 6.65. The van der Waals surface area contributed by atoms with Gasteiger partial charge < -0.3 is 10.1 Å². The van der Waals surface area contributed by atoms with Crippen molar-refractivity contribution in [1.82, 2.24) is 10.3 Å². The average molecular weight is 325 g/mol. The van der Waals surface area contributed by atoms with Crippen LogP contribution in [-0.2, 0) is 13.2 Å². The maximum absolute atomic E-state index is 13.6. The molecule has 100 valence electrons. The van der Waals surface area contributed by atoms with E-state index in [0.717, 1.165) is 11.4 Å². The Bertz CT molecular complexity index is 563. The second-order valence-electron chi connectivity index (χ2n) is 4.01. The molecule has 1 aromatic carbocycles. The molecule has 0 aliphatic carbocycles. The second kappa shape index (κ2) is 6.63. The maximum atomic E-state index is 13.6. The third-order valence-corrected chi connectivity index (χ3v) is 2.99. The van der Waals surface area contributed by atoms with Crippen molar-refractivity contribution in [2.75, 3.05) is 7.05 Å². The number of halogens is 2. The van der Waals surface area contributed by atoms with E-state index in [1.807, 2.05) is 25.2 Å². The van der Waals surface area contributed by atoms with Crippen LogP contribution in [0.25, 0.3) is 0 Å². The van der Waals surface area contributed by atoms with Crippen LogP contribution in [-0.4, -0.2) is 12.0 Å². The molecule has 2 rings (SSSR count). The van der Waals surface area contributed by atoms with Crippen LogP contribution in [0.3, 0.4) is 0 Å².